The van der Waals surface area contributed by atoms with E-state index in [-0.39, 0.29) is 24.6 Å². The van der Waals surface area contributed by atoms with Crippen LogP contribution >= 0.6 is 0 Å². The number of nitrogens with zero attached hydrogens (tertiary/aromatic N) is 1. The third-order valence-electron chi connectivity index (χ3n) is 3.18. The van der Waals surface area contributed by atoms with E-state index in [0.29, 0.717) is 5.56 Å². The van der Waals surface area contributed by atoms with Gasteiger partial charge < -0.3 is 15.7 Å². The van der Waals surface area contributed by atoms with Crippen molar-refractivity contribution in [2.45, 2.75) is 19.5 Å². The molecule has 0 saturated carbocycles. The van der Waals surface area contributed by atoms with E-state index in [1.807, 2.05) is 0 Å². The average molecular weight is 305 g/mol. The molecule has 3 N–H and O–H groups in total. The lowest BCUT2D eigenvalue weighted by atomic mass is 10.1. The fraction of sp³-hybridized carbons (Fsp3) is 0.286. The van der Waals surface area contributed by atoms with Gasteiger partial charge in [0.15, 0.2) is 0 Å². The van der Waals surface area contributed by atoms with Gasteiger partial charge in [0.1, 0.15) is 6.04 Å². The van der Waals surface area contributed by atoms with Crippen molar-refractivity contribution in [1.29, 1.82) is 0 Å². The fourth-order valence-corrected chi connectivity index (χ4v) is 1.95. The van der Waals surface area contributed by atoms with Crippen LogP contribution in [0.1, 0.15) is 22.8 Å². The van der Waals surface area contributed by atoms with Crippen LogP contribution in [0.15, 0.2) is 24.3 Å². The number of carboxylic acids is 1. The second-order valence-corrected chi connectivity index (χ2v) is 4.87. The second-order valence-electron chi connectivity index (χ2n) is 4.87. The quantitative estimate of drug-likeness (QED) is 0.659. The molecule has 1 saturated heterocycles. The Labute approximate surface area is 126 Å². The number of amides is 4. The molecule has 1 heterocycles. The van der Waals surface area contributed by atoms with Crippen molar-refractivity contribution in [3.63, 3.8) is 0 Å². The van der Waals surface area contributed by atoms with Gasteiger partial charge >= 0.3 is 12.0 Å². The van der Waals surface area contributed by atoms with E-state index < -0.39 is 23.9 Å². The molecule has 4 amide bonds. The van der Waals surface area contributed by atoms with Crippen molar-refractivity contribution in [3.05, 3.63) is 35.4 Å². The van der Waals surface area contributed by atoms with Crippen molar-refractivity contribution in [2.24, 2.45) is 0 Å². The van der Waals surface area contributed by atoms with E-state index in [1.165, 1.54) is 19.1 Å². The summed E-state index contributed by atoms with van der Waals surface area (Å²) in [5, 5.41) is 13.5. The topological polar surface area (TPSA) is 116 Å². The highest BCUT2D eigenvalue weighted by atomic mass is 16.4. The highest BCUT2D eigenvalue weighted by molar-refractivity contribution is 6.02. The molecule has 1 aliphatic heterocycles. The molecule has 8 heteroatoms. The van der Waals surface area contributed by atoms with Gasteiger partial charge in [-0.1, -0.05) is 12.1 Å². The number of hydrogen-bond acceptors (Lipinski definition) is 4. The van der Waals surface area contributed by atoms with E-state index >= 15 is 0 Å². The molecule has 22 heavy (non-hydrogen) atoms. The number of carboxylic acid groups (broad SMARTS) is 1. The van der Waals surface area contributed by atoms with E-state index in [4.69, 9.17) is 5.11 Å². The van der Waals surface area contributed by atoms with Crippen LogP contribution in [0.4, 0.5) is 4.79 Å². The maximum atomic E-state index is 11.9. The Hall–Kier alpha value is -2.90. The van der Waals surface area contributed by atoms with Gasteiger partial charge in [0.05, 0.1) is 13.1 Å². The largest absolute Gasteiger partial charge is 0.480 e. The van der Waals surface area contributed by atoms with Crippen molar-refractivity contribution in [2.75, 3.05) is 6.54 Å². The summed E-state index contributed by atoms with van der Waals surface area (Å²) in [6.07, 6.45) is 0. The number of hydrogen-bond donors (Lipinski definition) is 3. The summed E-state index contributed by atoms with van der Waals surface area (Å²) in [5.41, 5.74) is 0.860. The molecule has 1 aromatic carbocycles. The maximum Gasteiger partial charge on any atom is 0.325 e. The van der Waals surface area contributed by atoms with Gasteiger partial charge in [0.2, 0.25) is 5.91 Å². The number of aliphatic carboxylic acids is 1. The second kappa shape index (κ2) is 6.25. The van der Waals surface area contributed by atoms with Crippen LogP contribution < -0.4 is 10.6 Å². The normalized spacial score (nSPS) is 15.4. The van der Waals surface area contributed by atoms with E-state index in [2.05, 4.69) is 10.6 Å². The Morgan fingerprint density at radius 1 is 1.41 bits per heavy atom. The average Bonchev–Trinajstić information content (AvgIpc) is 2.79. The number of nitrogens with one attached hydrogen (secondary N) is 2. The van der Waals surface area contributed by atoms with Crippen molar-refractivity contribution >= 4 is 23.8 Å². The molecular formula is C14H15N3O5. The van der Waals surface area contributed by atoms with Crippen LogP contribution in [0.2, 0.25) is 0 Å². The highest BCUT2D eigenvalue weighted by Crippen LogP contribution is 2.11. The van der Waals surface area contributed by atoms with Gasteiger partial charge in [-0.15, -0.1) is 0 Å². The maximum absolute atomic E-state index is 11.9. The molecule has 0 bridgehead atoms. The van der Waals surface area contributed by atoms with Crippen molar-refractivity contribution in [1.82, 2.24) is 15.5 Å². The van der Waals surface area contributed by atoms with E-state index in [1.54, 1.807) is 12.1 Å². The molecule has 0 spiro atoms. The number of carbonyl (C=O) groups is 4. The number of imide groups is 1. The molecule has 0 radical (unpaired) electrons. The Balaban J connectivity index is 2.09. The predicted molar refractivity (Wildman–Crippen MR) is 75.0 cm³/mol. The third-order valence-corrected chi connectivity index (χ3v) is 3.18. The van der Waals surface area contributed by atoms with Gasteiger partial charge in [-0.2, -0.15) is 0 Å². The van der Waals surface area contributed by atoms with Crippen LogP contribution in [0.5, 0.6) is 0 Å². The minimum Gasteiger partial charge on any atom is -0.480 e. The number of urea groups is 1. The zero-order valence-electron chi connectivity index (χ0n) is 11.8. The molecule has 1 atom stereocenters. The third kappa shape index (κ3) is 3.40. The van der Waals surface area contributed by atoms with Gasteiger partial charge in [-0.25, -0.2) is 4.79 Å². The first-order chi connectivity index (χ1) is 10.4. The first-order valence-electron chi connectivity index (χ1n) is 6.59. The van der Waals surface area contributed by atoms with Crippen LogP contribution in [-0.2, 0) is 16.1 Å². The Bertz CT molecular complexity index is 627. The van der Waals surface area contributed by atoms with Crippen LogP contribution in [0.25, 0.3) is 0 Å². The molecule has 0 aromatic heterocycles. The lowest BCUT2D eigenvalue weighted by Crippen LogP contribution is -2.38. The molecule has 2 rings (SSSR count). The zero-order chi connectivity index (χ0) is 16.3. The summed E-state index contributed by atoms with van der Waals surface area (Å²) >= 11 is 0. The predicted octanol–water partition coefficient (Wildman–Crippen LogP) is -0.0587. The minimum absolute atomic E-state index is 0.0326. The SMILES string of the molecule is C[C@@H](NC(=O)c1cccc(CN2C(=O)CNC2=O)c1)C(=O)O. The van der Waals surface area contributed by atoms with Gasteiger partial charge in [0.25, 0.3) is 5.91 Å². The van der Waals surface area contributed by atoms with Crippen LogP contribution in [-0.4, -0.2) is 46.4 Å². The first-order valence-corrected chi connectivity index (χ1v) is 6.59. The lowest BCUT2D eigenvalue weighted by Gasteiger charge is -2.13. The van der Waals surface area contributed by atoms with Crippen molar-refractivity contribution < 1.29 is 24.3 Å². The highest BCUT2D eigenvalue weighted by Gasteiger charge is 2.28. The summed E-state index contributed by atoms with van der Waals surface area (Å²) in [6.45, 7) is 1.38. The van der Waals surface area contributed by atoms with E-state index in [0.717, 1.165) is 4.90 Å². The van der Waals surface area contributed by atoms with Gasteiger partial charge in [-0.3, -0.25) is 19.3 Å². The molecule has 8 nitrogen and oxygen atoms in total. The minimum atomic E-state index is -1.14. The molecule has 0 unspecified atom stereocenters. The van der Waals surface area contributed by atoms with Crippen LogP contribution in [0, 0.1) is 0 Å². The Kier molecular flexibility index (Phi) is 4.40. The standard InChI is InChI=1S/C14H15N3O5/c1-8(13(20)21)16-12(19)10-4-2-3-9(5-10)7-17-11(18)6-15-14(17)22/h2-5,8H,6-7H2,1H3,(H,15,22)(H,16,19)(H,20,21)/t8-/m1/s1. The molecule has 0 aliphatic carbocycles. The van der Waals surface area contributed by atoms with Gasteiger partial charge in [-0.05, 0) is 24.6 Å². The molecular weight excluding hydrogens is 290 g/mol. The summed E-state index contributed by atoms with van der Waals surface area (Å²) in [7, 11) is 0. The van der Waals surface area contributed by atoms with Crippen molar-refractivity contribution in [3.8, 4) is 0 Å². The summed E-state index contributed by atoms with van der Waals surface area (Å²) in [6, 6.07) is 4.84. The molecule has 1 fully saturated rings. The van der Waals surface area contributed by atoms with Gasteiger partial charge in [0, 0.05) is 5.56 Å². The van der Waals surface area contributed by atoms with Crippen LogP contribution in [0.3, 0.4) is 0 Å². The zero-order valence-corrected chi connectivity index (χ0v) is 11.8. The first kappa shape index (κ1) is 15.5. The summed E-state index contributed by atoms with van der Waals surface area (Å²) in [5.74, 6) is -2.00. The summed E-state index contributed by atoms with van der Waals surface area (Å²) < 4.78 is 0. The molecule has 1 aliphatic rings. The Morgan fingerprint density at radius 3 is 2.73 bits per heavy atom. The smallest absolute Gasteiger partial charge is 0.325 e. The number of benzene rings is 1. The number of carbonyl (C=O) groups excluding carboxylic acids is 3. The molecule has 116 valence electrons. The summed E-state index contributed by atoms with van der Waals surface area (Å²) in [4.78, 5) is 46.7. The Morgan fingerprint density at radius 2 is 2.14 bits per heavy atom. The van der Waals surface area contributed by atoms with E-state index in [9.17, 15) is 19.2 Å². The monoisotopic (exact) mass is 305 g/mol. The lowest BCUT2D eigenvalue weighted by molar-refractivity contribution is -0.138. The number of rotatable bonds is 5. The fourth-order valence-electron chi connectivity index (χ4n) is 1.95. The molecule has 1 aromatic rings.